The minimum Gasteiger partial charge on any atom is -0.367 e. The minimum atomic E-state index is -0.607. The number of hydrogen-bond acceptors (Lipinski definition) is 4. The van der Waals surface area contributed by atoms with E-state index in [1.165, 1.54) is 6.33 Å². The van der Waals surface area contributed by atoms with Crippen LogP contribution in [0.2, 0.25) is 0 Å². The zero-order chi connectivity index (χ0) is 11.6. The van der Waals surface area contributed by atoms with Crippen LogP contribution in [0.15, 0.2) is 6.33 Å². The lowest BCUT2D eigenvalue weighted by Gasteiger charge is -2.20. The van der Waals surface area contributed by atoms with E-state index < -0.39 is 5.60 Å². The molecule has 5 nitrogen and oxygen atoms in total. The molecule has 16 heavy (non-hydrogen) atoms. The van der Waals surface area contributed by atoms with Crippen molar-refractivity contribution in [2.45, 2.75) is 45.3 Å². The highest BCUT2D eigenvalue weighted by Crippen LogP contribution is 2.26. The summed E-state index contributed by atoms with van der Waals surface area (Å²) in [6.45, 7) is 5.27. The molecule has 1 aliphatic rings. The largest absolute Gasteiger partial charge is 0.367 e. The molecule has 0 bridgehead atoms. The third-order valence-electron chi connectivity index (χ3n) is 3.12. The van der Waals surface area contributed by atoms with Crippen LogP contribution >= 0.6 is 0 Å². The molecule has 0 aliphatic carbocycles. The number of ketones is 1. The first-order valence-electron chi connectivity index (χ1n) is 5.69. The Bertz CT molecular complexity index is 380. The Morgan fingerprint density at radius 2 is 2.50 bits per heavy atom. The Kier molecular flexibility index (Phi) is 3.05. The van der Waals surface area contributed by atoms with E-state index in [2.05, 4.69) is 10.1 Å². The first-order valence-corrected chi connectivity index (χ1v) is 5.69. The molecule has 88 valence electrons. The molecule has 2 heterocycles. The average molecular weight is 223 g/mol. The smallest absolute Gasteiger partial charge is 0.171 e. The molecular formula is C11H17N3O2. The van der Waals surface area contributed by atoms with E-state index in [0.29, 0.717) is 13.0 Å². The highest BCUT2D eigenvalue weighted by atomic mass is 16.5. The van der Waals surface area contributed by atoms with Crippen LogP contribution in [0, 0.1) is 0 Å². The fourth-order valence-corrected chi connectivity index (χ4v) is 2.02. The summed E-state index contributed by atoms with van der Waals surface area (Å²) in [5.74, 6) is 0.830. The van der Waals surface area contributed by atoms with Gasteiger partial charge in [-0.05, 0) is 26.7 Å². The summed E-state index contributed by atoms with van der Waals surface area (Å²) >= 11 is 0. The normalized spacial score (nSPS) is 24.9. The van der Waals surface area contributed by atoms with Crippen LogP contribution in [0.25, 0.3) is 0 Å². The number of ether oxygens (including phenoxy) is 1. The second-order valence-electron chi connectivity index (χ2n) is 4.27. The highest BCUT2D eigenvalue weighted by Gasteiger charge is 2.37. The number of aryl methyl sites for hydroxylation is 1. The Hall–Kier alpha value is -1.23. The maximum atomic E-state index is 12.1. The van der Waals surface area contributed by atoms with E-state index in [-0.39, 0.29) is 5.78 Å². The maximum Gasteiger partial charge on any atom is 0.171 e. The molecule has 1 fully saturated rings. The summed E-state index contributed by atoms with van der Waals surface area (Å²) in [6, 6.07) is 0. The van der Waals surface area contributed by atoms with Crippen molar-refractivity contribution in [2.24, 2.45) is 0 Å². The van der Waals surface area contributed by atoms with Crippen molar-refractivity contribution in [3.63, 3.8) is 0 Å². The molecule has 1 aromatic heterocycles. The SMILES string of the molecule is CCn1ncnc1CC(=O)C1(C)CCCO1. The van der Waals surface area contributed by atoms with Gasteiger partial charge in [-0.15, -0.1) is 0 Å². The van der Waals surface area contributed by atoms with Gasteiger partial charge in [0.25, 0.3) is 0 Å². The summed E-state index contributed by atoms with van der Waals surface area (Å²) < 4.78 is 7.26. The van der Waals surface area contributed by atoms with Gasteiger partial charge in [-0.1, -0.05) is 0 Å². The zero-order valence-corrected chi connectivity index (χ0v) is 9.77. The Labute approximate surface area is 94.8 Å². The molecule has 1 aromatic rings. The van der Waals surface area contributed by atoms with E-state index in [0.717, 1.165) is 25.2 Å². The van der Waals surface area contributed by atoms with Crippen LogP contribution in [0.5, 0.6) is 0 Å². The zero-order valence-electron chi connectivity index (χ0n) is 9.77. The molecule has 0 saturated carbocycles. The molecule has 5 heteroatoms. The average Bonchev–Trinajstić information content (AvgIpc) is 2.87. The van der Waals surface area contributed by atoms with Crippen molar-refractivity contribution in [2.75, 3.05) is 6.61 Å². The number of carbonyl (C=O) groups is 1. The number of rotatable bonds is 4. The first-order chi connectivity index (χ1) is 7.65. The van der Waals surface area contributed by atoms with Gasteiger partial charge in [-0.2, -0.15) is 5.10 Å². The van der Waals surface area contributed by atoms with Crippen LogP contribution in [-0.4, -0.2) is 32.8 Å². The fourth-order valence-electron chi connectivity index (χ4n) is 2.02. The third kappa shape index (κ3) is 2.00. The summed E-state index contributed by atoms with van der Waals surface area (Å²) in [4.78, 5) is 16.2. The summed E-state index contributed by atoms with van der Waals surface area (Å²) in [6.07, 6.45) is 3.57. The van der Waals surface area contributed by atoms with Gasteiger partial charge >= 0.3 is 0 Å². The van der Waals surface area contributed by atoms with Gasteiger partial charge in [0, 0.05) is 13.2 Å². The van der Waals surface area contributed by atoms with E-state index in [1.807, 2.05) is 13.8 Å². The lowest BCUT2D eigenvalue weighted by atomic mass is 9.95. The number of carbonyl (C=O) groups excluding carboxylic acids is 1. The van der Waals surface area contributed by atoms with Crippen LogP contribution < -0.4 is 0 Å². The molecule has 1 atom stereocenters. The lowest BCUT2D eigenvalue weighted by molar-refractivity contribution is -0.136. The van der Waals surface area contributed by atoms with E-state index in [9.17, 15) is 4.79 Å². The van der Waals surface area contributed by atoms with Crippen molar-refractivity contribution in [3.05, 3.63) is 12.2 Å². The Morgan fingerprint density at radius 3 is 3.12 bits per heavy atom. The second-order valence-corrected chi connectivity index (χ2v) is 4.27. The lowest BCUT2D eigenvalue weighted by Crippen LogP contribution is -2.36. The Morgan fingerprint density at radius 1 is 1.69 bits per heavy atom. The number of Topliss-reactive ketones (excluding diaryl/α,β-unsaturated/α-hetero) is 1. The predicted molar refractivity (Wildman–Crippen MR) is 58.0 cm³/mol. The van der Waals surface area contributed by atoms with Crippen LogP contribution in [-0.2, 0) is 22.5 Å². The molecule has 0 aromatic carbocycles. The van der Waals surface area contributed by atoms with Crippen LogP contribution in [0.4, 0.5) is 0 Å². The Balaban J connectivity index is 2.07. The molecular weight excluding hydrogens is 206 g/mol. The van der Waals surface area contributed by atoms with E-state index >= 15 is 0 Å². The quantitative estimate of drug-likeness (QED) is 0.763. The van der Waals surface area contributed by atoms with Crippen molar-refractivity contribution in [1.82, 2.24) is 14.8 Å². The molecule has 1 saturated heterocycles. The molecule has 0 N–H and O–H groups in total. The number of aromatic nitrogens is 3. The van der Waals surface area contributed by atoms with Gasteiger partial charge < -0.3 is 4.74 Å². The van der Waals surface area contributed by atoms with Gasteiger partial charge in [0.05, 0.1) is 6.42 Å². The topological polar surface area (TPSA) is 57.0 Å². The predicted octanol–water partition coefficient (Wildman–Crippen LogP) is 0.979. The maximum absolute atomic E-state index is 12.1. The molecule has 0 spiro atoms. The molecule has 0 amide bonds. The van der Waals surface area contributed by atoms with E-state index in [4.69, 9.17) is 4.74 Å². The summed E-state index contributed by atoms with van der Waals surface area (Å²) in [7, 11) is 0. The summed E-state index contributed by atoms with van der Waals surface area (Å²) in [5.41, 5.74) is -0.607. The van der Waals surface area contributed by atoms with Gasteiger partial charge in [-0.25, -0.2) is 9.67 Å². The summed E-state index contributed by atoms with van der Waals surface area (Å²) in [5, 5.41) is 4.05. The van der Waals surface area contributed by atoms with Gasteiger partial charge in [0.15, 0.2) is 5.78 Å². The molecule has 2 rings (SSSR count). The highest BCUT2D eigenvalue weighted by molar-refractivity contribution is 5.88. The van der Waals surface area contributed by atoms with Crippen molar-refractivity contribution >= 4 is 5.78 Å². The van der Waals surface area contributed by atoms with Gasteiger partial charge in [0.2, 0.25) is 0 Å². The van der Waals surface area contributed by atoms with Crippen LogP contribution in [0.3, 0.4) is 0 Å². The fraction of sp³-hybridized carbons (Fsp3) is 0.727. The van der Waals surface area contributed by atoms with Crippen molar-refractivity contribution < 1.29 is 9.53 Å². The molecule has 0 radical (unpaired) electrons. The van der Waals surface area contributed by atoms with Gasteiger partial charge in [-0.3, -0.25) is 4.79 Å². The van der Waals surface area contributed by atoms with Crippen molar-refractivity contribution in [3.8, 4) is 0 Å². The second kappa shape index (κ2) is 4.33. The number of hydrogen-bond donors (Lipinski definition) is 0. The van der Waals surface area contributed by atoms with Gasteiger partial charge in [0.1, 0.15) is 17.8 Å². The first kappa shape index (κ1) is 11.3. The number of nitrogens with zero attached hydrogens (tertiary/aromatic N) is 3. The van der Waals surface area contributed by atoms with E-state index in [1.54, 1.807) is 4.68 Å². The molecule has 1 unspecified atom stereocenters. The standard InChI is InChI=1S/C11H17N3O2/c1-3-14-10(12-8-13-14)7-9(15)11(2)5-4-6-16-11/h8H,3-7H2,1-2H3. The minimum absolute atomic E-state index is 0.104. The third-order valence-corrected chi connectivity index (χ3v) is 3.12. The van der Waals surface area contributed by atoms with Crippen molar-refractivity contribution in [1.29, 1.82) is 0 Å². The monoisotopic (exact) mass is 223 g/mol. The molecule has 1 aliphatic heterocycles. The van der Waals surface area contributed by atoms with Crippen LogP contribution in [0.1, 0.15) is 32.5 Å².